The number of anilines is 1. The van der Waals surface area contributed by atoms with E-state index in [1.165, 1.54) is 20.2 Å². The molecule has 23 heavy (non-hydrogen) atoms. The van der Waals surface area contributed by atoms with Crippen LogP contribution in [0.1, 0.15) is 25.6 Å². The van der Waals surface area contributed by atoms with Gasteiger partial charge in [0.05, 0.1) is 22.9 Å². The monoisotopic (exact) mass is 340 g/mol. The van der Waals surface area contributed by atoms with Gasteiger partial charge in [-0.15, -0.1) is 0 Å². The number of furan rings is 1. The summed E-state index contributed by atoms with van der Waals surface area (Å²) in [4.78, 5) is 11.0. The van der Waals surface area contributed by atoms with E-state index in [4.69, 9.17) is 4.42 Å². The first-order valence-electron chi connectivity index (χ1n) is 6.82. The number of carbonyl (C=O) groups is 1. The molecule has 0 bridgehead atoms. The van der Waals surface area contributed by atoms with Crippen LogP contribution in [0, 0.1) is 5.82 Å². The van der Waals surface area contributed by atoms with Crippen molar-refractivity contribution < 1.29 is 22.0 Å². The van der Waals surface area contributed by atoms with Gasteiger partial charge in [-0.3, -0.25) is 4.79 Å². The molecule has 0 aliphatic rings. The van der Waals surface area contributed by atoms with Crippen molar-refractivity contribution in [2.75, 3.05) is 12.4 Å². The lowest BCUT2D eigenvalue weighted by Crippen LogP contribution is -2.29. The second-order valence-electron chi connectivity index (χ2n) is 5.04. The molecule has 1 aromatic heterocycles. The van der Waals surface area contributed by atoms with E-state index in [1.807, 2.05) is 0 Å². The molecule has 0 unspecified atom stereocenters. The topological polar surface area (TPSA) is 79.6 Å². The number of amides is 1. The number of nitrogens with zero attached hydrogens (tertiary/aromatic N) is 1. The summed E-state index contributed by atoms with van der Waals surface area (Å²) in [6.45, 7) is 2.89. The molecule has 0 fully saturated rings. The van der Waals surface area contributed by atoms with E-state index in [2.05, 4.69) is 5.32 Å². The van der Waals surface area contributed by atoms with Gasteiger partial charge in [-0.05, 0) is 37.3 Å². The molecule has 0 saturated heterocycles. The number of benzene rings is 1. The van der Waals surface area contributed by atoms with E-state index in [1.54, 1.807) is 19.1 Å². The summed E-state index contributed by atoms with van der Waals surface area (Å²) < 4.78 is 45.3. The van der Waals surface area contributed by atoms with Crippen LogP contribution in [-0.4, -0.2) is 25.7 Å². The van der Waals surface area contributed by atoms with Gasteiger partial charge < -0.3 is 9.73 Å². The summed E-state index contributed by atoms with van der Waals surface area (Å²) in [6, 6.07) is 6.05. The summed E-state index contributed by atoms with van der Waals surface area (Å²) in [5.74, 6) is -0.711. The van der Waals surface area contributed by atoms with Gasteiger partial charge in [0.15, 0.2) is 0 Å². The van der Waals surface area contributed by atoms with Crippen molar-refractivity contribution in [3.63, 3.8) is 0 Å². The largest absolute Gasteiger partial charge is 0.468 e. The standard InChI is InChI=1S/C15H17FN2O4S/c1-10(15-5-4-8-22-15)18(3)23(20,21)12-6-7-13(16)14(9-12)17-11(2)19/h4-10H,1-3H3,(H,17,19)/t10-/m0/s1. The second-order valence-corrected chi connectivity index (χ2v) is 7.03. The molecule has 0 aliphatic carbocycles. The summed E-state index contributed by atoms with van der Waals surface area (Å²) in [7, 11) is -2.48. The molecule has 0 spiro atoms. The average molecular weight is 340 g/mol. The fourth-order valence-electron chi connectivity index (χ4n) is 2.03. The first kappa shape index (κ1) is 17.2. The van der Waals surface area contributed by atoms with Crippen LogP contribution in [0.4, 0.5) is 10.1 Å². The lowest BCUT2D eigenvalue weighted by molar-refractivity contribution is -0.114. The molecule has 2 rings (SSSR count). The Kier molecular flexibility index (Phi) is 4.86. The lowest BCUT2D eigenvalue weighted by atomic mass is 10.3. The van der Waals surface area contributed by atoms with Gasteiger partial charge in [0.25, 0.3) is 0 Å². The lowest BCUT2D eigenvalue weighted by Gasteiger charge is -2.23. The SMILES string of the molecule is CC(=O)Nc1cc(S(=O)(=O)N(C)[C@@H](C)c2ccco2)ccc1F. The Labute approximate surface area is 134 Å². The van der Waals surface area contributed by atoms with Crippen LogP contribution in [0.3, 0.4) is 0 Å². The van der Waals surface area contributed by atoms with Crippen molar-refractivity contribution in [2.24, 2.45) is 0 Å². The highest BCUT2D eigenvalue weighted by Crippen LogP contribution is 2.28. The molecule has 124 valence electrons. The minimum Gasteiger partial charge on any atom is -0.468 e. The van der Waals surface area contributed by atoms with E-state index < -0.39 is 27.8 Å². The summed E-state index contributed by atoms with van der Waals surface area (Å²) in [5.41, 5.74) is -0.183. The predicted molar refractivity (Wildman–Crippen MR) is 82.8 cm³/mol. The van der Waals surface area contributed by atoms with Crippen molar-refractivity contribution >= 4 is 21.6 Å². The van der Waals surface area contributed by atoms with Crippen LogP contribution < -0.4 is 5.32 Å². The van der Waals surface area contributed by atoms with Crippen LogP contribution in [0.15, 0.2) is 45.9 Å². The molecular formula is C15H17FN2O4S. The average Bonchev–Trinajstić information content (AvgIpc) is 3.01. The molecule has 2 aromatic rings. The van der Waals surface area contributed by atoms with Crippen LogP contribution in [0.5, 0.6) is 0 Å². The highest BCUT2D eigenvalue weighted by atomic mass is 32.2. The Bertz CT molecular complexity index is 803. The molecule has 0 saturated carbocycles. The summed E-state index contributed by atoms with van der Waals surface area (Å²) >= 11 is 0. The molecule has 1 N–H and O–H groups in total. The third-order valence-electron chi connectivity index (χ3n) is 3.43. The molecule has 0 aliphatic heterocycles. The number of sulfonamides is 1. The van der Waals surface area contributed by atoms with E-state index in [0.717, 1.165) is 22.5 Å². The number of nitrogens with one attached hydrogen (secondary N) is 1. The maximum atomic E-state index is 13.7. The fourth-order valence-corrected chi connectivity index (χ4v) is 3.39. The first-order valence-corrected chi connectivity index (χ1v) is 8.26. The summed E-state index contributed by atoms with van der Waals surface area (Å²) in [5, 5.41) is 2.27. The third-order valence-corrected chi connectivity index (χ3v) is 5.35. The molecule has 6 nitrogen and oxygen atoms in total. The van der Waals surface area contributed by atoms with Gasteiger partial charge in [0.2, 0.25) is 15.9 Å². The third kappa shape index (κ3) is 3.59. The van der Waals surface area contributed by atoms with Crippen molar-refractivity contribution in [2.45, 2.75) is 24.8 Å². The van der Waals surface area contributed by atoms with Gasteiger partial charge in [0, 0.05) is 14.0 Å². The highest BCUT2D eigenvalue weighted by Gasteiger charge is 2.28. The fraction of sp³-hybridized carbons (Fsp3) is 0.267. The van der Waals surface area contributed by atoms with Crippen molar-refractivity contribution in [3.8, 4) is 0 Å². The highest BCUT2D eigenvalue weighted by molar-refractivity contribution is 7.89. The normalized spacial score (nSPS) is 13.1. The van der Waals surface area contributed by atoms with Gasteiger partial charge in [0.1, 0.15) is 11.6 Å². The Balaban J connectivity index is 2.37. The van der Waals surface area contributed by atoms with E-state index >= 15 is 0 Å². The molecule has 8 heteroatoms. The predicted octanol–water partition coefficient (Wildman–Crippen LogP) is 2.76. The number of carbonyl (C=O) groups excluding carboxylic acids is 1. The Hall–Kier alpha value is -2.19. The van der Waals surface area contributed by atoms with Crippen molar-refractivity contribution in [3.05, 3.63) is 48.2 Å². The van der Waals surface area contributed by atoms with E-state index in [0.29, 0.717) is 5.76 Å². The minimum absolute atomic E-state index is 0.122. The van der Waals surface area contributed by atoms with Gasteiger partial charge >= 0.3 is 0 Å². The molecular weight excluding hydrogens is 323 g/mol. The number of halogens is 1. The molecule has 1 amide bonds. The van der Waals surface area contributed by atoms with Crippen LogP contribution >= 0.6 is 0 Å². The Morgan fingerprint density at radius 2 is 2.04 bits per heavy atom. The van der Waals surface area contributed by atoms with Gasteiger partial charge in [-0.25, -0.2) is 12.8 Å². The molecule has 0 radical (unpaired) electrons. The Morgan fingerprint density at radius 1 is 1.35 bits per heavy atom. The van der Waals surface area contributed by atoms with Crippen molar-refractivity contribution in [1.29, 1.82) is 0 Å². The van der Waals surface area contributed by atoms with E-state index in [9.17, 15) is 17.6 Å². The zero-order chi connectivity index (χ0) is 17.2. The number of hydrogen-bond donors (Lipinski definition) is 1. The van der Waals surface area contributed by atoms with Gasteiger partial charge in [-0.1, -0.05) is 0 Å². The molecule has 1 heterocycles. The minimum atomic E-state index is -3.88. The first-order chi connectivity index (χ1) is 10.7. The molecule has 1 atom stereocenters. The quantitative estimate of drug-likeness (QED) is 0.907. The number of hydrogen-bond acceptors (Lipinski definition) is 4. The van der Waals surface area contributed by atoms with Gasteiger partial charge in [-0.2, -0.15) is 4.31 Å². The van der Waals surface area contributed by atoms with Crippen LogP contribution in [-0.2, 0) is 14.8 Å². The van der Waals surface area contributed by atoms with Crippen molar-refractivity contribution in [1.82, 2.24) is 4.31 Å². The zero-order valence-corrected chi connectivity index (χ0v) is 13.7. The second kappa shape index (κ2) is 6.51. The maximum absolute atomic E-state index is 13.7. The zero-order valence-electron chi connectivity index (χ0n) is 12.9. The molecule has 1 aromatic carbocycles. The van der Waals surface area contributed by atoms with Crippen LogP contribution in [0.2, 0.25) is 0 Å². The summed E-state index contributed by atoms with van der Waals surface area (Å²) in [6.07, 6.45) is 1.46. The van der Waals surface area contributed by atoms with E-state index in [-0.39, 0.29) is 10.6 Å². The smallest absolute Gasteiger partial charge is 0.243 e. The van der Waals surface area contributed by atoms with Crippen LogP contribution in [0.25, 0.3) is 0 Å². The number of rotatable bonds is 5. The Morgan fingerprint density at radius 3 is 2.61 bits per heavy atom. The maximum Gasteiger partial charge on any atom is 0.243 e.